The first-order chi connectivity index (χ1) is 45.0. The van der Waals surface area contributed by atoms with Gasteiger partial charge in [0.25, 0.3) is 0 Å². The summed E-state index contributed by atoms with van der Waals surface area (Å²) in [4.78, 5) is 13.0. The average Bonchev–Trinajstić information content (AvgIpc) is 1.01. The van der Waals surface area contributed by atoms with Crippen LogP contribution in [0.15, 0.2) is 248 Å². The quantitative estimate of drug-likeness (QED) is 0.108. The van der Waals surface area contributed by atoms with E-state index in [4.69, 9.17) is 9.72 Å². The van der Waals surface area contributed by atoms with Crippen molar-refractivity contribution in [1.82, 2.24) is 9.55 Å². The number of hydrogen-bond donors (Lipinski definition) is 0. The van der Waals surface area contributed by atoms with Crippen molar-refractivity contribution in [2.45, 2.75) is 96.8 Å². The highest BCUT2D eigenvalue weighted by atomic mass is 16.5. The van der Waals surface area contributed by atoms with Crippen molar-refractivity contribution in [3.63, 3.8) is 0 Å². The van der Waals surface area contributed by atoms with Crippen LogP contribution in [-0.4, -0.2) is 23.1 Å². The van der Waals surface area contributed by atoms with Crippen molar-refractivity contribution in [2.24, 2.45) is 23.7 Å². The topological polar surface area (TPSA) is 36.8 Å². The van der Waals surface area contributed by atoms with E-state index < -0.39 is 0 Å². The van der Waals surface area contributed by atoms with Crippen molar-refractivity contribution in [3.05, 3.63) is 276 Å². The Morgan fingerprint density at radius 3 is 1.84 bits per heavy atom. The highest BCUT2D eigenvalue weighted by molar-refractivity contribution is 6.77. The molecule has 0 atom stereocenters. The molecule has 4 saturated carbocycles. The van der Waals surface area contributed by atoms with E-state index in [1.54, 1.807) is 5.47 Å². The summed E-state index contributed by atoms with van der Waals surface area (Å²) in [5, 5.41) is 2.37. The molecule has 4 aliphatic carbocycles. The maximum atomic E-state index is 7.51. The zero-order valence-electron chi connectivity index (χ0n) is 53.7. The van der Waals surface area contributed by atoms with Gasteiger partial charge in [-0.3, -0.25) is 4.57 Å². The Bertz CT molecular complexity index is 4690. The third-order valence-corrected chi connectivity index (χ3v) is 21.9. The maximum absolute atomic E-state index is 7.51. The molecule has 2 aromatic heterocycles. The Hall–Kier alpha value is -9.59. The highest BCUT2D eigenvalue weighted by Gasteiger charge is 2.61. The van der Waals surface area contributed by atoms with Gasteiger partial charge in [0.2, 0.25) is 0 Å². The van der Waals surface area contributed by atoms with E-state index in [2.05, 4.69) is 310 Å². The minimum atomic E-state index is -0.131. The molecule has 9 aromatic carbocycles. The zero-order valence-corrected chi connectivity index (χ0v) is 53.7. The number of ether oxygens (including phenoxy) is 1. The van der Waals surface area contributed by atoms with Crippen LogP contribution in [0, 0.1) is 23.7 Å². The smallest absolute Gasteiger partial charge is 0.316 e. The molecule has 92 heavy (non-hydrogen) atoms. The highest BCUT2D eigenvalue weighted by Crippen LogP contribution is 2.66. The van der Waals surface area contributed by atoms with Crippen LogP contribution < -0.4 is 19.3 Å². The van der Waals surface area contributed by atoms with Gasteiger partial charge in [0, 0.05) is 57.0 Å². The van der Waals surface area contributed by atoms with E-state index >= 15 is 0 Å². The molecule has 0 saturated heterocycles. The molecule has 7 aliphatic rings. The van der Waals surface area contributed by atoms with Crippen LogP contribution in [0.4, 0.5) is 28.4 Å². The van der Waals surface area contributed by atoms with E-state index in [0.717, 1.165) is 62.8 Å². The number of pyridine rings is 1. The number of anilines is 5. The number of hydrogen-bond acceptors (Lipinski definition) is 5. The van der Waals surface area contributed by atoms with Crippen LogP contribution in [-0.2, 0) is 5.41 Å². The Morgan fingerprint density at radius 1 is 0.522 bits per heavy atom. The van der Waals surface area contributed by atoms with E-state index in [9.17, 15) is 0 Å². The van der Waals surface area contributed by atoms with Crippen LogP contribution >= 0.6 is 0 Å². The Labute approximate surface area is 543 Å². The number of allylic oxidation sites excluding steroid dienone is 3. The Kier molecular flexibility index (Phi) is 13.7. The van der Waals surface area contributed by atoms with Gasteiger partial charge in [-0.25, -0.2) is 4.98 Å². The molecule has 0 N–H and O–H groups in total. The number of fused-ring (bicyclic) bond motifs is 7. The summed E-state index contributed by atoms with van der Waals surface area (Å²) in [6.07, 6.45) is 18.2. The summed E-state index contributed by atoms with van der Waals surface area (Å²) >= 11 is 0. The van der Waals surface area contributed by atoms with Gasteiger partial charge < -0.3 is 19.3 Å². The van der Waals surface area contributed by atoms with Crippen molar-refractivity contribution in [1.29, 1.82) is 0 Å². The fourth-order valence-corrected chi connectivity index (χ4v) is 18.1. The molecule has 452 valence electrons. The van der Waals surface area contributed by atoms with Crippen molar-refractivity contribution in [2.75, 3.05) is 21.3 Å². The Balaban J connectivity index is 0.816. The normalized spacial score (nSPS) is 20.2. The summed E-state index contributed by atoms with van der Waals surface area (Å²) in [6, 6.07) is 78.9. The van der Waals surface area contributed by atoms with Gasteiger partial charge >= 0.3 is 6.85 Å². The molecule has 4 bridgehead atoms. The van der Waals surface area contributed by atoms with Crippen LogP contribution in [0.25, 0.3) is 67.1 Å². The third kappa shape index (κ3) is 9.15. The number of aromatic nitrogens is 2. The van der Waals surface area contributed by atoms with E-state index in [0.29, 0.717) is 24.4 Å². The van der Waals surface area contributed by atoms with Gasteiger partial charge in [0.05, 0.1) is 28.1 Å². The molecular weight excluding hydrogens is 1120 g/mol. The van der Waals surface area contributed by atoms with E-state index in [1.165, 1.54) is 110 Å². The Morgan fingerprint density at radius 2 is 1.15 bits per heavy atom. The average molecular weight is 1200 g/mol. The zero-order chi connectivity index (χ0) is 61.9. The number of nitrogens with zero attached hydrogens (tertiary/aromatic N) is 5. The molecule has 18 rings (SSSR count). The molecule has 0 amide bonds. The van der Waals surface area contributed by atoms with Gasteiger partial charge in [-0.1, -0.05) is 205 Å². The number of benzene rings is 9. The lowest BCUT2D eigenvalue weighted by molar-refractivity contribution is -0.0408. The first-order valence-electron chi connectivity index (χ1n) is 33.9. The number of para-hydroxylation sites is 5. The van der Waals surface area contributed by atoms with Gasteiger partial charge in [-0.15, -0.1) is 0 Å². The predicted molar refractivity (Wildman–Crippen MR) is 385 cm³/mol. The largest absolute Gasteiger partial charge is 0.457 e. The minimum Gasteiger partial charge on any atom is -0.457 e. The van der Waals surface area contributed by atoms with Crippen molar-refractivity contribution < 1.29 is 4.74 Å². The molecule has 11 aromatic rings. The summed E-state index contributed by atoms with van der Waals surface area (Å²) in [5.41, 5.74) is 23.5. The molecule has 0 unspecified atom stereocenters. The summed E-state index contributed by atoms with van der Waals surface area (Å²) in [5.74, 6) is 8.71. The van der Waals surface area contributed by atoms with E-state index in [1.807, 2.05) is 0 Å². The summed E-state index contributed by atoms with van der Waals surface area (Å²) in [6.45, 7) is 14.8. The molecule has 0 spiro atoms. The SMILES string of the molecule is CC(C)c1cc(C(C)C)c(-c2cc(Oc3ccc4c5ccccc5n(-c5cc(C6(C7=CC=CN8B7C=Cc7ccccc78)C7CC8CC(C7)CC6C8)ccn5)c4c3)cc(N3CN(c4c(-c5ccccc5)cccc4-c4ccccc4)c4ccccc43)c2)c(C(C)C)c1. The third-order valence-electron chi connectivity index (χ3n) is 21.9. The summed E-state index contributed by atoms with van der Waals surface area (Å²) in [7, 11) is 0. The first kappa shape index (κ1) is 56.4. The van der Waals surface area contributed by atoms with Crippen molar-refractivity contribution >= 4 is 63.2 Å². The fraction of sp³-hybridized carbons (Fsp3) is 0.235. The molecular formula is C85H78BN5O. The fourth-order valence-electron chi connectivity index (χ4n) is 18.1. The summed E-state index contributed by atoms with van der Waals surface area (Å²) < 4.78 is 9.94. The molecule has 3 aliphatic heterocycles. The first-order valence-corrected chi connectivity index (χ1v) is 33.9. The van der Waals surface area contributed by atoms with Gasteiger partial charge in [0.15, 0.2) is 0 Å². The van der Waals surface area contributed by atoms with Gasteiger partial charge in [0.1, 0.15) is 24.0 Å². The minimum absolute atomic E-state index is 0.131. The molecule has 7 heteroatoms. The van der Waals surface area contributed by atoms with Gasteiger partial charge in [-0.2, -0.15) is 0 Å². The van der Waals surface area contributed by atoms with Crippen LogP contribution in [0.2, 0.25) is 0 Å². The second-order valence-corrected chi connectivity index (χ2v) is 28.1. The predicted octanol–water partition coefficient (Wildman–Crippen LogP) is 22.3. The lowest BCUT2D eigenvalue weighted by atomic mass is 9.33. The lowest BCUT2D eigenvalue weighted by Crippen LogP contribution is -2.60. The second-order valence-electron chi connectivity index (χ2n) is 28.1. The maximum Gasteiger partial charge on any atom is 0.316 e. The second kappa shape index (κ2) is 22.4. The molecule has 5 heterocycles. The molecule has 6 nitrogen and oxygen atoms in total. The van der Waals surface area contributed by atoms with Crippen LogP contribution in [0.3, 0.4) is 0 Å². The van der Waals surface area contributed by atoms with Gasteiger partial charge in [-0.05, 0) is 197 Å². The van der Waals surface area contributed by atoms with Crippen LogP contribution in [0.5, 0.6) is 11.5 Å². The standard InChI is InChI=1S/C85H78BN5O/c1-54(2)62-48-74(55(3)4)83(75(49-62)56(5)6)63-46-67(88-53-89(79-32-18-17-31-78(79)88)84-70(59-21-9-7-10-22-59)27-19-28-71(84)60-23-11-8-12-24-60)51-69(47-63)92-68-34-35-73-72-26-14-16-30-77(72)91(80(73)52-68)82-50-64(37-39-87-82)85(65-42-57-41-58(44-65)45-66(85)43-57)81-33-20-40-90-76-29-15-13-25-61(76)36-38-86(81)90/h7-40,46-52,54-58,65-66H,41-45,53H2,1-6H3. The molecule has 4 fully saturated rings. The monoisotopic (exact) mass is 1200 g/mol. The molecule has 0 radical (unpaired) electrons. The lowest BCUT2D eigenvalue weighted by Gasteiger charge is -2.63. The van der Waals surface area contributed by atoms with Crippen molar-refractivity contribution in [3.8, 4) is 50.7 Å². The van der Waals surface area contributed by atoms with E-state index in [-0.39, 0.29) is 24.1 Å². The number of rotatable bonds is 13. The van der Waals surface area contributed by atoms with Crippen LogP contribution in [0.1, 0.15) is 119 Å².